The zero-order valence-corrected chi connectivity index (χ0v) is 22.5. The highest BCUT2D eigenvalue weighted by molar-refractivity contribution is 6.32. The Balaban J connectivity index is 1.73. The van der Waals surface area contributed by atoms with Gasteiger partial charge in [0.25, 0.3) is 11.8 Å². The largest absolute Gasteiger partial charge is 0.493 e. The average Bonchev–Trinajstić information content (AvgIpc) is 2.92. The fraction of sp³-hybridized carbons (Fsp3) is 0.172. The molecule has 0 spiro atoms. The first-order valence-electron chi connectivity index (χ1n) is 11.6. The van der Waals surface area contributed by atoms with Crippen molar-refractivity contribution in [3.05, 3.63) is 87.4 Å². The second-order valence-corrected chi connectivity index (χ2v) is 8.79. The summed E-state index contributed by atoms with van der Waals surface area (Å²) in [6.07, 6.45) is 1.34. The first kappa shape index (κ1) is 28.8. The minimum atomic E-state index is -0.665. The molecule has 3 aromatic rings. The monoisotopic (exact) mass is 547 g/mol. The van der Waals surface area contributed by atoms with Crippen LogP contribution >= 0.6 is 11.6 Å². The highest BCUT2D eigenvalue weighted by Gasteiger charge is 2.16. The molecule has 0 aliphatic carbocycles. The lowest BCUT2D eigenvalue weighted by atomic mass is 10.1. The van der Waals surface area contributed by atoms with Gasteiger partial charge in [-0.25, -0.2) is 4.79 Å². The number of halogens is 1. The number of nitrogens with one attached hydrogen (secondary N) is 2. The fourth-order valence-electron chi connectivity index (χ4n) is 3.48. The third-order valence-electron chi connectivity index (χ3n) is 5.51. The maximum Gasteiger partial charge on any atom is 0.337 e. The summed E-state index contributed by atoms with van der Waals surface area (Å²) in [5, 5.41) is 15.1. The molecule has 3 rings (SSSR count). The van der Waals surface area contributed by atoms with Crippen molar-refractivity contribution in [3.63, 3.8) is 0 Å². The van der Waals surface area contributed by atoms with E-state index in [1.165, 1.54) is 56.7 Å². The molecule has 0 saturated heterocycles. The molecule has 10 heteroatoms. The normalized spacial score (nSPS) is 10.7. The Bertz CT molecular complexity index is 1480. The number of rotatable bonds is 9. The predicted octanol–water partition coefficient (Wildman–Crippen LogP) is 5.32. The summed E-state index contributed by atoms with van der Waals surface area (Å²) >= 11 is 6.40. The third-order valence-corrected chi connectivity index (χ3v) is 5.79. The number of nitrogens with zero attached hydrogens (tertiary/aromatic N) is 1. The Morgan fingerprint density at radius 3 is 2.36 bits per heavy atom. The van der Waals surface area contributed by atoms with Crippen LogP contribution in [0.5, 0.6) is 11.5 Å². The number of benzene rings is 3. The van der Waals surface area contributed by atoms with Gasteiger partial charge in [-0.2, -0.15) is 5.26 Å². The highest BCUT2D eigenvalue weighted by atomic mass is 35.5. The Labute approximate surface area is 230 Å². The molecule has 0 aliphatic heterocycles. The Hall–Kier alpha value is -4.81. The number of methoxy groups -OCH3 is 2. The fourth-order valence-corrected chi connectivity index (χ4v) is 3.75. The lowest BCUT2D eigenvalue weighted by Crippen LogP contribution is -2.21. The number of esters is 1. The van der Waals surface area contributed by atoms with Crippen molar-refractivity contribution in [2.45, 2.75) is 13.8 Å². The number of carbonyl (C=O) groups is 3. The Morgan fingerprint density at radius 2 is 1.72 bits per heavy atom. The number of hydrogen-bond donors (Lipinski definition) is 2. The van der Waals surface area contributed by atoms with E-state index in [1.807, 2.05) is 38.1 Å². The lowest BCUT2D eigenvalue weighted by molar-refractivity contribution is -0.118. The molecular weight excluding hydrogens is 522 g/mol. The Kier molecular flexibility index (Phi) is 9.68. The van der Waals surface area contributed by atoms with E-state index in [1.54, 1.807) is 0 Å². The van der Waals surface area contributed by atoms with E-state index in [0.717, 1.165) is 11.1 Å². The van der Waals surface area contributed by atoms with Gasteiger partial charge in [-0.15, -0.1) is 0 Å². The average molecular weight is 548 g/mol. The smallest absolute Gasteiger partial charge is 0.337 e. The number of hydrogen-bond acceptors (Lipinski definition) is 7. The molecule has 0 aliphatic rings. The van der Waals surface area contributed by atoms with Gasteiger partial charge in [0.15, 0.2) is 18.1 Å². The molecule has 0 bridgehead atoms. The van der Waals surface area contributed by atoms with Crippen molar-refractivity contribution in [1.29, 1.82) is 5.26 Å². The van der Waals surface area contributed by atoms with E-state index in [-0.39, 0.29) is 34.6 Å². The van der Waals surface area contributed by atoms with Gasteiger partial charge >= 0.3 is 5.97 Å². The van der Waals surface area contributed by atoms with E-state index in [0.29, 0.717) is 22.5 Å². The van der Waals surface area contributed by atoms with Crippen molar-refractivity contribution < 1.29 is 28.6 Å². The number of nitriles is 1. The molecule has 200 valence electrons. The summed E-state index contributed by atoms with van der Waals surface area (Å²) in [5.74, 6) is -1.20. The Morgan fingerprint density at radius 1 is 1.00 bits per heavy atom. The zero-order valence-electron chi connectivity index (χ0n) is 21.8. The summed E-state index contributed by atoms with van der Waals surface area (Å²) in [7, 11) is 2.67. The minimum Gasteiger partial charge on any atom is -0.493 e. The summed E-state index contributed by atoms with van der Waals surface area (Å²) in [5.41, 5.74) is 3.50. The molecule has 3 aromatic carbocycles. The van der Waals surface area contributed by atoms with Crippen molar-refractivity contribution in [2.24, 2.45) is 0 Å². The van der Waals surface area contributed by atoms with Crippen molar-refractivity contribution in [1.82, 2.24) is 0 Å². The van der Waals surface area contributed by atoms with Crippen LogP contribution in [0.25, 0.3) is 6.08 Å². The van der Waals surface area contributed by atoms with Gasteiger partial charge in [0.05, 0.1) is 24.8 Å². The van der Waals surface area contributed by atoms with Gasteiger partial charge in [-0.3, -0.25) is 9.59 Å². The molecular formula is C29H26ClN3O6. The van der Waals surface area contributed by atoms with Crippen LogP contribution in [0.2, 0.25) is 5.02 Å². The number of ether oxygens (including phenoxy) is 3. The lowest BCUT2D eigenvalue weighted by Gasteiger charge is -2.14. The summed E-state index contributed by atoms with van der Waals surface area (Å²) in [4.78, 5) is 36.7. The number of carbonyl (C=O) groups excluding carboxylic acids is 3. The van der Waals surface area contributed by atoms with Gasteiger partial charge in [0.1, 0.15) is 11.6 Å². The van der Waals surface area contributed by atoms with Crippen LogP contribution in [-0.4, -0.2) is 38.6 Å². The van der Waals surface area contributed by atoms with Gasteiger partial charge in [-0.05, 0) is 79.1 Å². The number of amides is 2. The molecule has 39 heavy (non-hydrogen) atoms. The summed E-state index contributed by atoms with van der Waals surface area (Å²) in [6, 6.07) is 16.6. The van der Waals surface area contributed by atoms with Crippen LogP contribution in [0.15, 0.2) is 60.2 Å². The van der Waals surface area contributed by atoms with Gasteiger partial charge in [-0.1, -0.05) is 23.7 Å². The zero-order chi connectivity index (χ0) is 28.5. The summed E-state index contributed by atoms with van der Waals surface area (Å²) < 4.78 is 15.7. The van der Waals surface area contributed by atoms with Crippen molar-refractivity contribution in [3.8, 4) is 17.6 Å². The molecule has 0 radical (unpaired) electrons. The maximum absolute atomic E-state index is 12.7. The molecule has 2 amide bonds. The quantitative estimate of drug-likeness (QED) is 0.211. The van der Waals surface area contributed by atoms with Crippen LogP contribution in [0, 0.1) is 25.2 Å². The molecule has 0 heterocycles. The maximum atomic E-state index is 12.7. The predicted molar refractivity (Wildman–Crippen MR) is 148 cm³/mol. The van der Waals surface area contributed by atoms with Crippen LogP contribution in [0.3, 0.4) is 0 Å². The molecule has 2 N–H and O–H groups in total. The molecule has 0 saturated carbocycles. The molecule has 0 unspecified atom stereocenters. The molecule has 9 nitrogen and oxygen atoms in total. The third kappa shape index (κ3) is 7.60. The van der Waals surface area contributed by atoms with Gasteiger partial charge in [0, 0.05) is 11.4 Å². The molecule has 0 atom stereocenters. The second-order valence-electron chi connectivity index (χ2n) is 8.38. The van der Waals surface area contributed by atoms with Crippen molar-refractivity contribution >= 4 is 46.8 Å². The highest BCUT2D eigenvalue weighted by Crippen LogP contribution is 2.37. The SMILES string of the molecule is COC(=O)c1ccc(NC(=O)/C(C#N)=C\c2cc(Cl)c(OCC(=O)Nc3cc(C)ccc3C)c(OC)c2)cc1. The number of anilines is 2. The first-order valence-corrected chi connectivity index (χ1v) is 12.0. The first-order chi connectivity index (χ1) is 18.6. The van der Waals surface area contributed by atoms with Crippen molar-refractivity contribution in [2.75, 3.05) is 31.5 Å². The molecule has 0 aromatic heterocycles. The van der Waals surface area contributed by atoms with E-state index >= 15 is 0 Å². The van der Waals surface area contributed by atoms with E-state index < -0.39 is 11.9 Å². The van der Waals surface area contributed by atoms with Gasteiger partial charge < -0.3 is 24.8 Å². The minimum absolute atomic E-state index is 0.122. The van der Waals surface area contributed by atoms with Crippen LogP contribution < -0.4 is 20.1 Å². The van der Waals surface area contributed by atoms with E-state index in [9.17, 15) is 19.6 Å². The van der Waals surface area contributed by atoms with E-state index in [2.05, 4.69) is 15.4 Å². The van der Waals surface area contributed by atoms with Gasteiger partial charge in [0.2, 0.25) is 0 Å². The van der Waals surface area contributed by atoms with Crippen LogP contribution in [0.1, 0.15) is 27.0 Å². The van der Waals surface area contributed by atoms with E-state index in [4.69, 9.17) is 21.1 Å². The topological polar surface area (TPSA) is 127 Å². The van der Waals surface area contributed by atoms with Crippen LogP contribution in [0.4, 0.5) is 11.4 Å². The summed E-state index contributed by atoms with van der Waals surface area (Å²) in [6.45, 7) is 3.50. The van der Waals surface area contributed by atoms with Crippen LogP contribution in [-0.2, 0) is 14.3 Å². The molecule has 0 fully saturated rings. The number of aryl methyl sites for hydroxylation is 2. The standard InChI is InChI=1S/C29H26ClN3O6/c1-17-5-6-18(2)24(11-17)33-26(34)16-39-27-23(30)13-19(14-25(27)37-3)12-21(15-31)28(35)32-22-9-7-20(8-10-22)29(36)38-4/h5-14H,16H2,1-4H3,(H,32,35)(H,33,34)/b21-12-. The second kappa shape index (κ2) is 13.1.